The number of hydrogen-bond donors (Lipinski definition) is 1. The van der Waals surface area contributed by atoms with Gasteiger partial charge in [-0.2, -0.15) is 5.10 Å². The molecule has 7 nitrogen and oxygen atoms in total. The zero-order valence-electron chi connectivity index (χ0n) is 15.4. The van der Waals surface area contributed by atoms with E-state index in [4.69, 9.17) is 4.74 Å². The van der Waals surface area contributed by atoms with Gasteiger partial charge in [0, 0.05) is 10.3 Å². The number of hydrogen-bond acceptors (Lipinski definition) is 6. The van der Waals surface area contributed by atoms with E-state index in [1.807, 2.05) is 6.07 Å². The van der Waals surface area contributed by atoms with Crippen LogP contribution in [-0.2, 0) is 28.9 Å². The van der Waals surface area contributed by atoms with E-state index in [1.54, 1.807) is 24.4 Å². The highest BCUT2D eigenvalue weighted by atomic mass is 32.1. The summed E-state index contributed by atoms with van der Waals surface area (Å²) in [6, 6.07) is 7.10. The van der Waals surface area contributed by atoms with E-state index in [-0.39, 0.29) is 12.1 Å². The van der Waals surface area contributed by atoms with Crippen LogP contribution in [-0.4, -0.2) is 28.8 Å². The van der Waals surface area contributed by atoms with Crippen molar-refractivity contribution in [1.29, 1.82) is 0 Å². The lowest BCUT2D eigenvalue weighted by Crippen LogP contribution is -2.29. The zero-order valence-corrected chi connectivity index (χ0v) is 16.2. The maximum Gasteiger partial charge on any atom is 0.341 e. The Kier molecular flexibility index (Phi) is 4.95. The summed E-state index contributed by atoms with van der Waals surface area (Å²) in [4.78, 5) is 38.5. The van der Waals surface area contributed by atoms with Gasteiger partial charge in [0.25, 0.3) is 5.56 Å². The summed E-state index contributed by atoms with van der Waals surface area (Å²) in [5, 5.41) is 8.58. The normalized spacial score (nSPS) is 13.2. The van der Waals surface area contributed by atoms with Crippen LogP contribution in [0.5, 0.6) is 0 Å². The molecule has 0 aliphatic heterocycles. The van der Waals surface area contributed by atoms with Gasteiger partial charge in [0.15, 0.2) is 0 Å². The van der Waals surface area contributed by atoms with Gasteiger partial charge in [0.1, 0.15) is 11.5 Å². The van der Waals surface area contributed by atoms with E-state index in [1.165, 1.54) is 18.4 Å². The molecule has 0 saturated heterocycles. The van der Waals surface area contributed by atoms with E-state index >= 15 is 0 Å². The molecular weight excluding hydrogens is 378 g/mol. The number of esters is 1. The molecule has 0 unspecified atom stereocenters. The summed E-state index contributed by atoms with van der Waals surface area (Å²) in [6.45, 7) is -0.229. The SMILES string of the molecule is COC(=O)c1c(NC(=O)Cn2ncc3ccccc3c2=O)sc2c1CCCC2. The second kappa shape index (κ2) is 7.55. The Morgan fingerprint density at radius 1 is 1.25 bits per heavy atom. The highest BCUT2D eigenvalue weighted by Crippen LogP contribution is 2.38. The highest BCUT2D eigenvalue weighted by molar-refractivity contribution is 7.17. The monoisotopic (exact) mass is 397 g/mol. The summed E-state index contributed by atoms with van der Waals surface area (Å²) in [7, 11) is 1.33. The average molecular weight is 397 g/mol. The van der Waals surface area contributed by atoms with Crippen LogP contribution in [0.4, 0.5) is 5.00 Å². The number of carbonyl (C=O) groups is 2. The van der Waals surface area contributed by atoms with Crippen LogP contribution in [0.1, 0.15) is 33.6 Å². The number of fused-ring (bicyclic) bond motifs is 2. The minimum Gasteiger partial charge on any atom is -0.465 e. The van der Waals surface area contributed by atoms with Gasteiger partial charge in [-0.05, 0) is 37.3 Å². The Bertz CT molecular complexity index is 1130. The number of aromatic nitrogens is 2. The van der Waals surface area contributed by atoms with E-state index < -0.39 is 11.9 Å². The molecule has 0 bridgehead atoms. The molecule has 0 saturated carbocycles. The molecule has 1 aromatic carbocycles. The fraction of sp³-hybridized carbons (Fsp3) is 0.300. The summed E-state index contributed by atoms with van der Waals surface area (Å²) in [6.07, 6.45) is 5.34. The summed E-state index contributed by atoms with van der Waals surface area (Å²) in [5.41, 5.74) is 1.08. The Labute approximate surface area is 164 Å². The van der Waals surface area contributed by atoms with Crippen molar-refractivity contribution in [3.63, 3.8) is 0 Å². The number of anilines is 1. The van der Waals surface area contributed by atoms with Gasteiger partial charge in [-0.15, -0.1) is 11.3 Å². The summed E-state index contributed by atoms with van der Waals surface area (Å²) in [5.74, 6) is -0.857. The topological polar surface area (TPSA) is 90.3 Å². The Morgan fingerprint density at radius 3 is 2.86 bits per heavy atom. The number of aryl methyl sites for hydroxylation is 1. The average Bonchev–Trinajstić information content (AvgIpc) is 3.07. The maximum atomic E-state index is 12.6. The van der Waals surface area contributed by atoms with Gasteiger partial charge in [-0.25, -0.2) is 9.48 Å². The fourth-order valence-corrected chi connectivity index (χ4v) is 4.81. The Hall–Kier alpha value is -3.00. The van der Waals surface area contributed by atoms with E-state index in [2.05, 4.69) is 10.4 Å². The highest BCUT2D eigenvalue weighted by Gasteiger charge is 2.27. The molecule has 28 heavy (non-hydrogen) atoms. The maximum absolute atomic E-state index is 12.6. The molecule has 1 amide bonds. The number of ether oxygens (including phenoxy) is 1. The van der Waals surface area contributed by atoms with Crippen LogP contribution in [0.15, 0.2) is 35.3 Å². The molecule has 1 aliphatic carbocycles. The standard InChI is InChI=1S/C20H19N3O4S/c1-27-20(26)17-14-8-4-5-9-15(14)28-18(17)22-16(24)11-23-19(25)13-7-3-2-6-12(13)10-21-23/h2-3,6-7,10H,4-5,8-9,11H2,1H3,(H,22,24). The molecular formula is C20H19N3O4S. The van der Waals surface area contributed by atoms with Crippen LogP contribution >= 0.6 is 11.3 Å². The van der Waals surface area contributed by atoms with Crippen molar-refractivity contribution in [2.45, 2.75) is 32.2 Å². The lowest BCUT2D eigenvalue weighted by molar-refractivity contribution is -0.116. The summed E-state index contributed by atoms with van der Waals surface area (Å²) >= 11 is 1.41. The largest absolute Gasteiger partial charge is 0.465 e. The van der Waals surface area contributed by atoms with Crippen molar-refractivity contribution in [2.24, 2.45) is 0 Å². The molecule has 4 rings (SSSR count). The van der Waals surface area contributed by atoms with Crippen molar-refractivity contribution in [3.05, 3.63) is 56.8 Å². The summed E-state index contributed by atoms with van der Waals surface area (Å²) < 4.78 is 6.05. The molecule has 0 atom stereocenters. The quantitative estimate of drug-likeness (QED) is 0.684. The van der Waals surface area contributed by atoms with Gasteiger partial charge in [0.05, 0.1) is 24.3 Å². The van der Waals surface area contributed by atoms with Crippen molar-refractivity contribution < 1.29 is 14.3 Å². The first kappa shape index (κ1) is 18.4. The van der Waals surface area contributed by atoms with Crippen molar-refractivity contribution in [1.82, 2.24) is 9.78 Å². The first-order valence-electron chi connectivity index (χ1n) is 9.06. The van der Waals surface area contributed by atoms with Gasteiger partial charge in [-0.3, -0.25) is 9.59 Å². The molecule has 0 spiro atoms. The number of carbonyl (C=O) groups excluding carboxylic acids is 2. The lowest BCUT2D eigenvalue weighted by atomic mass is 9.95. The molecule has 144 valence electrons. The van der Waals surface area contributed by atoms with E-state index in [0.29, 0.717) is 16.0 Å². The third-order valence-electron chi connectivity index (χ3n) is 4.87. The second-order valence-electron chi connectivity index (χ2n) is 6.65. The molecule has 0 fully saturated rings. The van der Waals surface area contributed by atoms with Gasteiger partial charge in [0.2, 0.25) is 5.91 Å². The van der Waals surface area contributed by atoms with Gasteiger partial charge in [-0.1, -0.05) is 18.2 Å². The number of nitrogens with zero attached hydrogens (tertiary/aromatic N) is 2. The fourth-order valence-electron chi connectivity index (χ4n) is 3.51. The van der Waals surface area contributed by atoms with Crippen molar-refractivity contribution in [2.75, 3.05) is 12.4 Å². The predicted octanol–water partition coefficient (Wildman–Crippen LogP) is 2.76. The van der Waals surface area contributed by atoms with Gasteiger partial charge < -0.3 is 10.1 Å². The number of amides is 1. The number of nitrogens with one attached hydrogen (secondary N) is 1. The van der Waals surface area contributed by atoms with Crippen molar-refractivity contribution in [3.8, 4) is 0 Å². The number of methoxy groups -OCH3 is 1. The van der Waals surface area contributed by atoms with E-state index in [9.17, 15) is 14.4 Å². The molecule has 8 heteroatoms. The number of thiophene rings is 1. The Balaban J connectivity index is 1.61. The van der Waals surface area contributed by atoms with Crippen LogP contribution in [0.3, 0.4) is 0 Å². The molecule has 2 aromatic heterocycles. The molecule has 1 aliphatic rings. The number of benzene rings is 1. The molecule has 2 heterocycles. The molecule has 0 radical (unpaired) electrons. The van der Waals surface area contributed by atoms with Crippen LogP contribution in [0.25, 0.3) is 10.8 Å². The van der Waals surface area contributed by atoms with Crippen molar-refractivity contribution >= 4 is 39.0 Å². The number of rotatable bonds is 4. The molecule has 3 aromatic rings. The first-order chi connectivity index (χ1) is 13.6. The minimum atomic E-state index is -0.448. The zero-order chi connectivity index (χ0) is 19.7. The third-order valence-corrected chi connectivity index (χ3v) is 6.08. The van der Waals surface area contributed by atoms with E-state index in [0.717, 1.165) is 46.2 Å². The second-order valence-corrected chi connectivity index (χ2v) is 7.75. The minimum absolute atomic E-state index is 0.229. The lowest BCUT2D eigenvalue weighted by Gasteiger charge is -2.11. The predicted molar refractivity (Wildman–Crippen MR) is 107 cm³/mol. The third kappa shape index (κ3) is 3.31. The van der Waals surface area contributed by atoms with Crippen LogP contribution in [0, 0.1) is 0 Å². The van der Waals surface area contributed by atoms with Crippen LogP contribution < -0.4 is 10.9 Å². The Morgan fingerprint density at radius 2 is 2.04 bits per heavy atom. The smallest absolute Gasteiger partial charge is 0.341 e. The van der Waals surface area contributed by atoms with Crippen LogP contribution in [0.2, 0.25) is 0 Å². The first-order valence-corrected chi connectivity index (χ1v) is 9.87. The molecule has 1 N–H and O–H groups in total. The van der Waals surface area contributed by atoms with Gasteiger partial charge >= 0.3 is 5.97 Å².